The number of guanidine groups is 1. The van der Waals surface area contributed by atoms with Crippen molar-refractivity contribution in [1.29, 1.82) is 0 Å². The number of hydrogen-bond acceptors (Lipinski definition) is 5. The molecule has 2 saturated heterocycles. The van der Waals surface area contributed by atoms with Crippen LogP contribution in [0, 0.1) is 5.82 Å². The van der Waals surface area contributed by atoms with Crippen molar-refractivity contribution in [2.24, 2.45) is 4.99 Å². The Kier molecular flexibility index (Phi) is 9.82. The summed E-state index contributed by atoms with van der Waals surface area (Å²) in [4.78, 5) is 6.70. The van der Waals surface area contributed by atoms with E-state index in [1.807, 2.05) is 12.1 Å². The summed E-state index contributed by atoms with van der Waals surface area (Å²) in [6.45, 7) is 6.87. The summed E-state index contributed by atoms with van der Waals surface area (Å²) < 4.78 is 30.1. The van der Waals surface area contributed by atoms with E-state index >= 15 is 0 Å². The molecule has 2 N–H and O–H groups in total. The van der Waals surface area contributed by atoms with Gasteiger partial charge in [-0.3, -0.25) is 9.89 Å². The predicted molar refractivity (Wildman–Crippen MR) is 115 cm³/mol. The van der Waals surface area contributed by atoms with Crippen LogP contribution in [-0.4, -0.2) is 83.2 Å². The summed E-state index contributed by atoms with van der Waals surface area (Å²) in [7, 11) is 1.77. The maximum Gasteiger partial charge on any atom is 0.191 e. The second-order valence-corrected chi connectivity index (χ2v) is 7.66. The third kappa shape index (κ3) is 7.50. The van der Waals surface area contributed by atoms with E-state index in [1.165, 1.54) is 12.1 Å². The van der Waals surface area contributed by atoms with Gasteiger partial charge in [-0.25, -0.2) is 4.39 Å². The molecule has 2 atom stereocenters. The van der Waals surface area contributed by atoms with Crippen LogP contribution in [0.1, 0.15) is 30.9 Å². The van der Waals surface area contributed by atoms with Crippen molar-refractivity contribution in [2.45, 2.75) is 31.4 Å². The van der Waals surface area contributed by atoms with Crippen molar-refractivity contribution in [1.82, 2.24) is 15.5 Å². The lowest BCUT2D eigenvalue weighted by Gasteiger charge is -2.35. The standard InChI is InChI=1S/C22H35FN4O3/c1-24-22(25-9-3-12-29-17-20-4-2-13-30-20)26-16-21(27-10-14-28-15-11-27)18-5-7-19(23)8-6-18/h5-8,20-21H,2-4,9-17H2,1H3,(H2,24,25,26). The summed E-state index contributed by atoms with van der Waals surface area (Å²) >= 11 is 0. The van der Waals surface area contributed by atoms with E-state index in [9.17, 15) is 4.39 Å². The maximum absolute atomic E-state index is 13.4. The first kappa shape index (κ1) is 22.9. The first-order chi connectivity index (χ1) is 14.8. The monoisotopic (exact) mass is 422 g/mol. The molecule has 0 radical (unpaired) electrons. The van der Waals surface area contributed by atoms with Crippen LogP contribution >= 0.6 is 0 Å². The van der Waals surface area contributed by atoms with Gasteiger partial charge in [-0.1, -0.05) is 12.1 Å². The van der Waals surface area contributed by atoms with Gasteiger partial charge in [0.2, 0.25) is 0 Å². The quantitative estimate of drug-likeness (QED) is 0.341. The molecule has 2 unspecified atom stereocenters. The van der Waals surface area contributed by atoms with Gasteiger partial charge < -0.3 is 24.8 Å². The average Bonchev–Trinajstić information content (AvgIpc) is 3.30. The Bertz CT molecular complexity index is 632. The second kappa shape index (κ2) is 12.8. The smallest absolute Gasteiger partial charge is 0.191 e. The zero-order valence-corrected chi connectivity index (χ0v) is 17.9. The van der Waals surface area contributed by atoms with Crippen LogP contribution in [0.2, 0.25) is 0 Å². The Morgan fingerprint density at radius 3 is 2.73 bits per heavy atom. The molecule has 2 aliphatic heterocycles. The molecule has 3 rings (SSSR count). The van der Waals surface area contributed by atoms with Crippen LogP contribution < -0.4 is 10.6 Å². The Labute approximate surface area is 179 Å². The van der Waals surface area contributed by atoms with E-state index in [-0.39, 0.29) is 18.0 Å². The van der Waals surface area contributed by atoms with Crippen LogP contribution in [0.15, 0.2) is 29.3 Å². The molecular formula is C22H35FN4O3. The van der Waals surface area contributed by atoms with Crippen molar-refractivity contribution < 1.29 is 18.6 Å². The first-order valence-electron chi connectivity index (χ1n) is 11.0. The lowest BCUT2D eigenvalue weighted by Crippen LogP contribution is -2.46. The molecule has 0 saturated carbocycles. The van der Waals surface area contributed by atoms with Crippen LogP contribution in [0.5, 0.6) is 0 Å². The van der Waals surface area contributed by atoms with Gasteiger partial charge in [0.15, 0.2) is 5.96 Å². The fourth-order valence-electron chi connectivity index (χ4n) is 3.82. The van der Waals surface area contributed by atoms with E-state index in [4.69, 9.17) is 14.2 Å². The van der Waals surface area contributed by atoms with Crippen molar-refractivity contribution in [3.8, 4) is 0 Å². The normalized spacial score (nSPS) is 21.5. The van der Waals surface area contributed by atoms with Gasteiger partial charge >= 0.3 is 0 Å². The van der Waals surface area contributed by atoms with Crippen molar-refractivity contribution in [3.63, 3.8) is 0 Å². The molecule has 30 heavy (non-hydrogen) atoms. The van der Waals surface area contributed by atoms with Gasteiger partial charge in [-0.15, -0.1) is 0 Å². The number of aliphatic imine (C=N–C) groups is 1. The highest BCUT2D eigenvalue weighted by Gasteiger charge is 2.23. The fraction of sp³-hybridized carbons (Fsp3) is 0.682. The van der Waals surface area contributed by atoms with E-state index in [2.05, 4.69) is 20.5 Å². The zero-order valence-electron chi connectivity index (χ0n) is 17.9. The van der Waals surface area contributed by atoms with Gasteiger partial charge in [-0.2, -0.15) is 0 Å². The molecule has 8 heteroatoms. The highest BCUT2D eigenvalue weighted by atomic mass is 19.1. The van der Waals surface area contributed by atoms with Crippen LogP contribution in [0.4, 0.5) is 4.39 Å². The molecule has 168 valence electrons. The molecule has 0 bridgehead atoms. The Hall–Kier alpha value is -1.74. The molecule has 0 spiro atoms. The SMILES string of the molecule is CN=C(NCCCOCC1CCCO1)NCC(c1ccc(F)cc1)N1CCOCC1. The minimum atomic E-state index is -0.216. The lowest BCUT2D eigenvalue weighted by atomic mass is 10.0. The number of nitrogens with zero attached hydrogens (tertiary/aromatic N) is 2. The Morgan fingerprint density at radius 1 is 1.23 bits per heavy atom. The molecule has 1 aromatic rings. The van der Waals surface area contributed by atoms with Gasteiger partial charge in [0.1, 0.15) is 5.82 Å². The summed E-state index contributed by atoms with van der Waals surface area (Å²) in [5.41, 5.74) is 1.09. The minimum absolute atomic E-state index is 0.128. The number of benzene rings is 1. The summed E-state index contributed by atoms with van der Waals surface area (Å²) in [5, 5.41) is 6.76. The fourth-order valence-corrected chi connectivity index (χ4v) is 3.82. The molecule has 2 fully saturated rings. The zero-order chi connectivity index (χ0) is 21.0. The van der Waals surface area contributed by atoms with Crippen LogP contribution in [0.25, 0.3) is 0 Å². The second-order valence-electron chi connectivity index (χ2n) is 7.66. The number of hydrogen-bond donors (Lipinski definition) is 2. The van der Waals surface area contributed by atoms with E-state index in [1.54, 1.807) is 7.05 Å². The summed E-state index contributed by atoms with van der Waals surface area (Å²) in [5.74, 6) is 0.543. The topological polar surface area (TPSA) is 67.4 Å². The predicted octanol–water partition coefficient (Wildman–Crippen LogP) is 1.95. The molecule has 0 amide bonds. The van der Waals surface area contributed by atoms with Gasteiger partial charge in [0, 0.05) is 46.4 Å². The molecular weight excluding hydrogens is 387 g/mol. The van der Waals surface area contributed by atoms with Crippen molar-refractivity contribution in [3.05, 3.63) is 35.6 Å². The lowest BCUT2D eigenvalue weighted by molar-refractivity contribution is 0.0165. The summed E-state index contributed by atoms with van der Waals surface area (Å²) in [6.07, 6.45) is 3.42. The molecule has 7 nitrogen and oxygen atoms in total. The van der Waals surface area contributed by atoms with Crippen LogP contribution in [0.3, 0.4) is 0 Å². The van der Waals surface area contributed by atoms with E-state index < -0.39 is 0 Å². The highest BCUT2D eigenvalue weighted by Crippen LogP contribution is 2.21. The van der Waals surface area contributed by atoms with Gasteiger partial charge in [0.25, 0.3) is 0 Å². The Morgan fingerprint density at radius 2 is 2.03 bits per heavy atom. The highest BCUT2D eigenvalue weighted by molar-refractivity contribution is 5.79. The number of nitrogens with one attached hydrogen (secondary N) is 2. The van der Waals surface area contributed by atoms with Gasteiger partial charge in [0.05, 0.1) is 32.0 Å². The maximum atomic E-state index is 13.4. The van der Waals surface area contributed by atoms with Crippen molar-refractivity contribution >= 4 is 5.96 Å². The third-order valence-electron chi connectivity index (χ3n) is 5.51. The van der Waals surface area contributed by atoms with E-state index in [0.29, 0.717) is 19.8 Å². The molecule has 0 aliphatic carbocycles. The minimum Gasteiger partial charge on any atom is -0.379 e. The molecule has 1 aromatic carbocycles. The number of rotatable bonds is 10. The van der Waals surface area contributed by atoms with Crippen molar-refractivity contribution in [2.75, 3.05) is 66.3 Å². The van der Waals surface area contributed by atoms with Crippen LogP contribution in [-0.2, 0) is 14.2 Å². The third-order valence-corrected chi connectivity index (χ3v) is 5.51. The van der Waals surface area contributed by atoms with E-state index in [0.717, 1.165) is 70.2 Å². The molecule has 0 aromatic heterocycles. The number of ether oxygens (including phenoxy) is 3. The number of halogens is 1. The van der Waals surface area contributed by atoms with Gasteiger partial charge in [-0.05, 0) is 37.0 Å². The summed E-state index contributed by atoms with van der Waals surface area (Å²) in [6, 6.07) is 6.89. The Balaban J connectivity index is 1.41. The first-order valence-corrected chi connectivity index (χ1v) is 11.0. The molecule has 2 heterocycles. The molecule has 2 aliphatic rings. The largest absolute Gasteiger partial charge is 0.379 e. The average molecular weight is 423 g/mol. The number of morpholine rings is 1.